The largest absolute Gasteiger partial charge is 0.374 e. The van der Waals surface area contributed by atoms with Gasteiger partial charge in [-0.1, -0.05) is 25.4 Å². The van der Waals surface area contributed by atoms with Crippen molar-refractivity contribution in [2.45, 2.75) is 33.3 Å². The van der Waals surface area contributed by atoms with Gasteiger partial charge in [0.25, 0.3) is 0 Å². The molecule has 0 aliphatic carbocycles. The van der Waals surface area contributed by atoms with E-state index in [2.05, 4.69) is 46.4 Å². The lowest BCUT2D eigenvalue weighted by molar-refractivity contribution is 0.128. The van der Waals surface area contributed by atoms with Gasteiger partial charge in [0.2, 0.25) is 0 Å². The van der Waals surface area contributed by atoms with Crippen molar-refractivity contribution in [3.8, 4) is 0 Å². The van der Waals surface area contributed by atoms with Crippen molar-refractivity contribution < 1.29 is 4.74 Å². The molecule has 0 saturated heterocycles. The predicted octanol–water partition coefficient (Wildman–Crippen LogP) is 3.39. The number of hydrogen-bond acceptors (Lipinski definition) is 3. The number of halogens is 2. The highest BCUT2D eigenvalue weighted by Crippen LogP contribution is 2.24. The number of rotatable bonds is 4. The van der Waals surface area contributed by atoms with Gasteiger partial charge >= 0.3 is 0 Å². The van der Waals surface area contributed by atoms with Gasteiger partial charge in [-0.25, -0.2) is 9.97 Å². The summed E-state index contributed by atoms with van der Waals surface area (Å²) in [7, 11) is 0. The summed E-state index contributed by atoms with van der Waals surface area (Å²) >= 11 is 8.20. The Morgan fingerprint density at radius 3 is 2.60 bits per heavy atom. The molecule has 0 aromatic carbocycles. The van der Waals surface area contributed by atoms with Crippen molar-refractivity contribution in [3.05, 3.63) is 20.2 Å². The normalized spacial score (nSPS) is 11.1. The first-order chi connectivity index (χ1) is 7.06. The van der Waals surface area contributed by atoms with Gasteiger partial charge in [0.15, 0.2) is 5.82 Å². The van der Waals surface area contributed by atoms with Crippen molar-refractivity contribution in [3.63, 3.8) is 0 Å². The SMILES string of the molecule is CCOCc1nc(Cl)c(I)c(C(C)C)n1. The summed E-state index contributed by atoms with van der Waals surface area (Å²) in [5.74, 6) is 1.00. The number of nitrogens with zero attached hydrogens (tertiary/aromatic N) is 2. The molecule has 0 amide bonds. The average Bonchev–Trinajstić information content (AvgIpc) is 2.19. The Kier molecular flexibility index (Phi) is 5.22. The lowest BCUT2D eigenvalue weighted by Gasteiger charge is -2.10. The summed E-state index contributed by atoms with van der Waals surface area (Å²) in [6.45, 7) is 7.20. The molecule has 0 unspecified atom stereocenters. The van der Waals surface area contributed by atoms with Gasteiger partial charge in [0.1, 0.15) is 11.8 Å². The first-order valence-electron chi connectivity index (χ1n) is 4.85. The van der Waals surface area contributed by atoms with Gasteiger partial charge in [-0.3, -0.25) is 0 Å². The first-order valence-corrected chi connectivity index (χ1v) is 6.31. The maximum absolute atomic E-state index is 6.03. The third kappa shape index (κ3) is 3.53. The van der Waals surface area contributed by atoms with Gasteiger partial charge in [-0.05, 0) is 35.4 Å². The fraction of sp³-hybridized carbons (Fsp3) is 0.600. The lowest BCUT2D eigenvalue weighted by atomic mass is 10.1. The molecule has 0 bridgehead atoms. The van der Waals surface area contributed by atoms with Crippen molar-refractivity contribution in [1.82, 2.24) is 9.97 Å². The molecule has 1 aromatic heterocycles. The average molecular weight is 341 g/mol. The summed E-state index contributed by atoms with van der Waals surface area (Å²) < 4.78 is 6.20. The zero-order chi connectivity index (χ0) is 11.4. The highest BCUT2D eigenvalue weighted by Gasteiger charge is 2.13. The Hall–Kier alpha value is 0.0600. The third-order valence-corrected chi connectivity index (χ3v) is 3.52. The molecule has 0 fully saturated rings. The molecule has 5 heteroatoms. The topological polar surface area (TPSA) is 35.0 Å². The van der Waals surface area contributed by atoms with Crippen LogP contribution < -0.4 is 0 Å². The van der Waals surface area contributed by atoms with Crippen molar-refractivity contribution in [2.75, 3.05) is 6.61 Å². The van der Waals surface area contributed by atoms with Crippen LogP contribution in [0.25, 0.3) is 0 Å². The highest BCUT2D eigenvalue weighted by atomic mass is 127. The van der Waals surface area contributed by atoms with Crippen LogP contribution in [0.5, 0.6) is 0 Å². The molecular weight excluding hydrogens is 326 g/mol. The summed E-state index contributed by atoms with van der Waals surface area (Å²) in [6, 6.07) is 0. The Labute approximate surface area is 109 Å². The minimum Gasteiger partial charge on any atom is -0.374 e. The summed E-state index contributed by atoms with van der Waals surface area (Å²) in [4.78, 5) is 8.62. The van der Waals surface area contributed by atoms with E-state index in [1.807, 2.05) is 6.92 Å². The molecule has 3 nitrogen and oxygen atoms in total. The van der Waals surface area contributed by atoms with Crippen LogP contribution in [0, 0.1) is 3.57 Å². The fourth-order valence-electron chi connectivity index (χ4n) is 1.12. The van der Waals surface area contributed by atoms with Crippen molar-refractivity contribution >= 4 is 34.2 Å². The molecule has 0 atom stereocenters. The van der Waals surface area contributed by atoms with E-state index >= 15 is 0 Å². The molecule has 0 spiro atoms. The van der Waals surface area contributed by atoms with Crippen LogP contribution in [0.2, 0.25) is 5.15 Å². The molecule has 1 aromatic rings. The molecule has 84 valence electrons. The maximum Gasteiger partial charge on any atom is 0.156 e. The summed E-state index contributed by atoms with van der Waals surface area (Å²) in [5, 5.41) is 0.518. The minimum absolute atomic E-state index is 0.345. The molecule has 0 saturated carbocycles. The maximum atomic E-state index is 6.03. The number of aromatic nitrogens is 2. The van der Waals surface area contributed by atoms with Gasteiger partial charge in [0.05, 0.1) is 9.26 Å². The zero-order valence-corrected chi connectivity index (χ0v) is 12.0. The second-order valence-electron chi connectivity index (χ2n) is 3.42. The molecule has 0 aliphatic rings. The van der Waals surface area contributed by atoms with Crippen LogP contribution in [0.1, 0.15) is 38.2 Å². The molecule has 1 heterocycles. The van der Waals surface area contributed by atoms with E-state index in [9.17, 15) is 0 Å². The van der Waals surface area contributed by atoms with Gasteiger partial charge in [0, 0.05) is 6.61 Å². The van der Waals surface area contributed by atoms with E-state index in [0.29, 0.717) is 30.1 Å². The van der Waals surface area contributed by atoms with E-state index in [4.69, 9.17) is 16.3 Å². The fourth-order valence-corrected chi connectivity index (χ4v) is 2.18. The molecular formula is C10H14ClIN2O. The van der Waals surface area contributed by atoms with Crippen LogP contribution in [0.15, 0.2) is 0 Å². The van der Waals surface area contributed by atoms with E-state index in [0.717, 1.165) is 9.26 Å². The van der Waals surface area contributed by atoms with E-state index < -0.39 is 0 Å². The van der Waals surface area contributed by atoms with Crippen LogP contribution in [0.3, 0.4) is 0 Å². The first kappa shape index (κ1) is 13.1. The number of hydrogen-bond donors (Lipinski definition) is 0. The molecule has 0 radical (unpaired) electrons. The second kappa shape index (κ2) is 5.96. The monoisotopic (exact) mass is 340 g/mol. The molecule has 15 heavy (non-hydrogen) atoms. The summed E-state index contributed by atoms with van der Waals surface area (Å²) in [6.07, 6.45) is 0. The van der Waals surface area contributed by atoms with Crippen LogP contribution in [-0.2, 0) is 11.3 Å². The van der Waals surface area contributed by atoms with Gasteiger partial charge in [-0.2, -0.15) is 0 Å². The Morgan fingerprint density at radius 1 is 1.40 bits per heavy atom. The smallest absolute Gasteiger partial charge is 0.156 e. The van der Waals surface area contributed by atoms with Crippen molar-refractivity contribution in [1.29, 1.82) is 0 Å². The quantitative estimate of drug-likeness (QED) is 0.622. The molecule has 1 rings (SSSR count). The third-order valence-electron chi connectivity index (χ3n) is 1.86. The zero-order valence-electron chi connectivity index (χ0n) is 9.05. The molecule has 0 N–H and O–H groups in total. The van der Waals surface area contributed by atoms with Crippen molar-refractivity contribution in [2.24, 2.45) is 0 Å². The van der Waals surface area contributed by atoms with E-state index in [1.165, 1.54) is 0 Å². The highest BCUT2D eigenvalue weighted by molar-refractivity contribution is 14.1. The van der Waals surface area contributed by atoms with E-state index in [1.54, 1.807) is 0 Å². The summed E-state index contributed by atoms with van der Waals surface area (Å²) in [5.41, 5.74) is 0.991. The van der Waals surface area contributed by atoms with E-state index in [-0.39, 0.29) is 0 Å². The predicted molar refractivity (Wildman–Crippen MR) is 69.2 cm³/mol. The Bertz CT molecular complexity index is 344. The Morgan fingerprint density at radius 2 is 2.07 bits per heavy atom. The molecule has 0 aliphatic heterocycles. The van der Waals surface area contributed by atoms with Gasteiger partial charge in [-0.15, -0.1) is 0 Å². The number of ether oxygens (including phenoxy) is 1. The minimum atomic E-state index is 0.345. The Balaban J connectivity index is 3.00. The van der Waals surface area contributed by atoms with Crippen LogP contribution >= 0.6 is 34.2 Å². The van der Waals surface area contributed by atoms with Crippen LogP contribution in [0.4, 0.5) is 0 Å². The standard InChI is InChI=1S/C10H14ClIN2O/c1-4-15-5-7-13-9(6(2)3)8(12)10(11)14-7/h6H,4-5H2,1-3H3. The van der Waals surface area contributed by atoms with Crippen LogP contribution in [-0.4, -0.2) is 16.6 Å². The van der Waals surface area contributed by atoms with Gasteiger partial charge < -0.3 is 4.74 Å². The second-order valence-corrected chi connectivity index (χ2v) is 4.86. The lowest BCUT2D eigenvalue weighted by Crippen LogP contribution is -2.06.